The van der Waals surface area contributed by atoms with E-state index in [4.69, 9.17) is 21.8 Å². The van der Waals surface area contributed by atoms with Crippen molar-refractivity contribution in [2.24, 2.45) is 0 Å². The van der Waals surface area contributed by atoms with E-state index in [0.717, 1.165) is 5.56 Å². The molecule has 0 atom stereocenters. The second kappa shape index (κ2) is 2.14. The predicted octanol–water partition coefficient (Wildman–Crippen LogP) is 1.38. The van der Waals surface area contributed by atoms with Gasteiger partial charge < -0.3 is 10.2 Å². The molecule has 0 heterocycles. The minimum absolute atomic E-state index is 0.133. The van der Waals surface area contributed by atoms with Crippen LogP contribution < -0.4 is 0 Å². The number of halogens is 1. The van der Waals surface area contributed by atoms with Gasteiger partial charge in [-0.1, -0.05) is 0 Å². The molecule has 2 N–H and O–H groups in total. The average molecular weight is 185 g/mol. The van der Waals surface area contributed by atoms with Gasteiger partial charge in [0.15, 0.2) is 11.5 Å². The molecule has 12 heavy (non-hydrogen) atoms. The van der Waals surface area contributed by atoms with Gasteiger partial charge in [0.2, 0.25) is 0 Å². The summed E-state index contributed by atoms with van der Waals surface area (Å²) in [5.74, 6) is -0.415. The summed E-state index contributed by atoms with van der Waals surface area (Å²) in [6.45, 7) is 0. The molecule has 4 heteroatoms. The molecular formula is C8H5ClO3. The number of carbonyl (C=O) groups excluding carboxylic acids is 1. The summed E-state index contributed by atoms with van der Waals surface area (Å²) >= 11 is 5.23. The SMILES string of the molecule is O=C(Cl)c1cc(O)c(O)c2c1C2. The third kappa shape index (κ3) is 0.865. The molecule has 0 amide bonds. The number of phenolic OH excluding ortho intramolecular Hbond substituents is 2. The highest BCUT2D eigenvalue weighted by molar-refractivity contribution is 6.68. The Bertz CT molecular complexity index is 381. The van der Waals surface area contributed by atoms with Crippen molar-refractivity contribution in [2.75, 3.05) is 0 Å². The maximum atomic E-state index is 10.7. The second-order valence-corrected chi connectivity index (χ2v) is 3.04. The lowest BCUT2D eigenvalue weighted by molar-refractivity contribution is 0.108. The lowest BCUT2D eigenvalue weighted by Crippen LogP contribution is -1.87. The lowest BCUT2D eigenvalue weighted by atomic mass is 10.2. The van der Waals surface area contributed by atoms with Crippen LogP contribution in [0.1, 0.15) is 21.5 Å². The zero-order valence-corrected chi connectivity index (χ0v) is 6.72. The molecule has 1 aliphatic rings. The molecule has 1 aromatic carbocycles. The molecule has 62 valence electrons. The Balaban J connectivity index is 2.64. The first-order valence-electron chi connectivity index (χ1n) is 3.37. The van der Waals surface area contributed by atoms with Crippen molar-refractivity contribution in [3.05, 3.63) is 22.8 Å². The summed E-state index contributed by atoms with van der Waals surface area (Å²) in [4.78, 5) is 10.7. The Morgan fingerprint density at radius 3 is 2.67 bits per heavy atom. The lowest BCUT2D eigenvalue weighted by Gasteiger charge is -1.96. The standard InChI is InChI=1S/C8H5ClO3/c9-8(12)5-2-6(10)7(11)4-1-3(4)5/h2,10-11H,1H2. The summed E-state index contributed by atoms with van der Waals surface area (Å²) < 4.78 is 0. The van der Waals surface area contributed by atoms with Crippen LogP contribution in [0, 0.1) is 0 Å². The fraction of sp³-hybridized carbons (Fsp3) is 0.125. The number of hydrogen-bond donors (Lipinski definition) is 2. The molecule has 1 aliphatic carbocycles. The Morgan fingerprint density at radius 1 is 1.42 bits per heavy atom. The monoisotopic (exact) mass is 184 g/mol. The molecular weight excluding hydrogens is 180 g/mol. The van der Waals surface area contributed by atoms with Crippen LogP contribution in [0.5, 0.6) is 11.5 Å². The van der Waals surface area contributed by atoms with Gasteiger partial charge in [0.05, 0.1) is 0 Å². The van der Waals surface area contributed by atoms with Gasteiger partial charge in [-0.05, 0) is 23.2 Å². The van der Waals surface area contributed by atoms with E-state index in [9.17, 15) is 4.79 Å². The minimum Gasteiger partial charge on any atom is -0.504 e. The first-order chi connectivity index (χ1) is 5.61. The van der Waals surface area contributed by atoms with Gasteiger partial charge >= 0.3 is 0 Å². The Labute approximate surface area is 73.2 Å². The largest absolute Gasteiger partial charge is 0.504 e. The molecule has 0 saturated heterocycles. The fourth-order valence-corrected chi connectivity index (χ4v) is 1.41. The zero-order valence-electron chi connectivity index (χ0n) is 5.97. The quantitative estimate of drug-likeness (QED) is 0.520. The van der Waals surface area contributed by atoms with Crippen molar-refractivity contribution in [2.45, 2.75) is 6.42 Å². The number of rotatable bonds is 1. The number of benzene rings is 1. The minimum atomic E-state index is -0.598. The second-order valence-electron chi connectivity index (χ2n) is 2.70. The summed E-state index contributed by atoms with van der Waals surface area (Å²) in [5, 5.41) is 17.7. The van der Waals surface area contributed by atoms with Gasteiger partial charge in [0.25, 0.3) is 5.24 Å². The summed E-state index contributed by atoms with van der Waals surface area (Å²) in [5.41, 5.74) is 1.66. The highest BCUT2D eigenvalue weighted by Crippen LogP contribution is 2.45. The van der Waals surface area contributed by atoms with Gasteiger partial charge in [-0.15, -0.1) is 0 Å². The van der Waals surface area contributed by atoms with Crippen molar-refractivity contribution in [3.63, 3.8) is 0 Å². The summed E-state index contributed by atoms with van der Waals surface area (Å²) in [6, 6.07) is 1.19. The van der Waals surface area contributed by atoms with Gasteiger partial charge in [-0.3, -0.25) is 4.79 Å². The molecule has 3 nitrogen and oxygen atoms in total. The number of hydrogen-bond acceptors (Lipinski definition) is 3. The third-order valence-electron chi connectivity index (χ3n) is 1.94. The van der Waals surface area contributed by atoms with E-state index in [2.05, 4.69) is 0 Å². The van der Waals surface area contributed by atoms with Crippen LogP contribution in [0.3, 0.4) is 0 Å². The van der Waals surface area contributed by atoms with E-state index in [1.807, 2.05) is 0 Å². The first kappa shape index (κ1) is 7.43. The average Bonchev–Trinajstić information content (AvgIpc) is 2.75. The Hall–Kier alpha value is -1.22. The Kier molecular flexibility index (Phi) is 1.32. The van der Waals surface area contributed by atoms with Gasteiger partial charge in [-0.25, -0.2) is 0 Å². The van der Waals surface area contributed by atoms with Crippen molar-refractivity contribution < 1.29 is 15.0 Å². The van der Waals surface area contributed by atoms with E-state index in [-0.39, 0.29) is 11.5 Å². The van der Waals surface area contributed by atoms with Crippen molar-refractivity contribution >= 4 is 16.8 Å². The van der Waals surface area contributed by atoms with E-state index < -0.39 is 5.24 Å². The van der Waals surface area contributed by atoms with Crippen LogP contribution in [-0.4, -0.2) is 15.5 Å². The van der Waals surface area contributed by atoms with Gasteiger partial charge in [0.1, 0.15) is 0 Å². The Morgan fingerprint density at radius 2 is 2.08 bits per heavy atom. The molecule has 0 unspecified atom stereocenters. The molecule has 0 bridgehead atoms. The van der Waals surface area contributed by atoms with Crippen molar-refractivity contribution in [1.82, 2.24) is 0 Å². The molecule has 0 spiro atoms. The molecule has 0 saturated carbocycles. The zero-order chi connectivity index (χ0) is 8.88. The number of aromatic hydroxyl groups is 2. The van der Waals surface area contributed by atoms with Crippen LogP contribution in [0.15, 0.2) is 6.07 Å². The van der Waals surface area contributed by atoms with E-state index in [1.165, 1.54) is 6.07 Å². The molecule has 0 aromatic heterocycles. The summed E-state index contributed by atoms with van der Waals surface area (Å²) in [6.07, 6.45) is 0.542. The maximum Gasteiger partial charge on any atom is 0.252 e. The highest BCUT2D eigenvalue weighted by Gasteiger charge is 2.30. The topological polar surface area (TPSA) is 57.5 Å². The first-order valence-corrected chi connectivity index (χ1v) is 3.75. The highest BCUT2D eigenvalue weighted by atomic mass is 35.5. The maximum absolute atomic E-state index is 10.7. The van der Waals surface area contributed by atoms with Gasteiger partial charge in [-0.2, -0.15) is 0 Å². The summed E-state index contributed by atoms with van der Waals surface area (Å²) in [7, 11) is 0. The van der Waals surface area contributed by atoms with Crippen LogP contribution in [0.25, 0.3) is 0 Å². The van der Waals surface area contributed by atoms with E-state index in [0.29, 0.717) is 17.5 Å². The fourth-order valence-electron chi connectivity index (χ4n) is 1.24. The molecule has 0 fully saturated rings. The van der Waals surface area contributed by atoms with Gasteiger partial charge in [0, 0.05) is 17.5 Å². The van der Waals surface area contributed by atoms with Crippen molar-refractivity contribution in [3.8, 4) is 11.5 Å². The van der Waals surface area contributed by atoms with Crippen LogP contribution >= 0.6 is 11.6 Å². The molecule has 0 radical (unpaired) electrons. The van der Waals surface area contributed by atoms with Crippen LogP contribution in [0.2, 0.25) is 0 Å². The molecule has 0 aliphatic heterocycles. The number of fused-ring (bicyclic) bond motifs is 1. The molecule has 2 rings (SSSR count). The molecule has 1 aromatic rings. The van der Waals surface area contributed by atoms with E-state index in [1.54, 1.807) is 0 Å². The smallest absolute Gasteiger partial charge is 0.252 e. The normalized spacial score (nSPS) is 12.4. The number of phenols is 2. The van der Waals surface area contributed by atoms with Crippen molar-refractivity contribution in [1.29, 1.82) is 0 Å². The number of carbonyl (C=O) groups is 1. The van der Waals surface area contributed by atoms with E-state index >= 15 is 0 Å². The van der Waals surface area contributed by atoms with Crippen LogP contribution in [0.4, 0.5) is 0 Å². The third-order valence-corrected chi connectivity index (χ3v) is 2.14. The van der Waals surface area contributed by atoms with Crippen LogP contribution in [-0.2, 0) is 6.42 Å². The predicted molar refractivity (Wildman–Crippen MR) is 42.8 cm³/mol.